The van der Waals surface area contributed by atoms with E-state index in [4.69, 9.17) is 52.4 Å². The fourth-order valence-corrected chi connectivity index (χ4v) is 19.2. The molecule has 0 spiro atoms. The number of ether oxygens (including phenoxy) is 10. The summed E-state index contributed by atoms with van der Waals surface area (Å²) in [7, 11) is 3.29. The average molecular weight is 1950 g/mol. The summed E-state index contributed by atoms with van der Waals surface area (Å²) in [6, 6.07) is 75.7. The van der Waals surface area contributed by atoms with Gasteiger partial charge in [-0.3, -0.25) is 38.8 Å². The van der Waals surface area contributed by atoms with Crippen LogP contribution in [0.5, 0.6) is 57.5 Å². The number of nitrogens with zero attached hydrogens (tertiary/aromatic N) is 9. The van der Waals surface area contributed by atoms with Crippen LogP contribution in [0.3, 0.4) is 0 Å². The molecule has 139 heavy (non-hydrogen) atoms. The number of hydrogen-bond donors (Lipinski definition) is 3. The van der Waals surface area contributed by atoms with Crippen LogP contribution in [0.1, 0.15) is 188 Å². The maximum absolute atomic E-state index is 13.5. The van der Waals surface area contributed by atoms with Crippen molar-refractivity contribution < 1.29 is 66.5 Å². The Morgan fingerprint density at radius 3 is 1.00 bits per heavy atom. The molecular formula is C109H118N12O14S4. The Morgan fingerprint density at radius 1 is 0.345 bits per heavy atom. The first kappa shape index (κ1) is 99.9. The molecule has 3 N–H and O–H groups in total. The van der Waals surface area contributed by atoms with Crippen molar-refractivity contribution >= 4 is 69.0 Å². The van der Waals surface area contributed by atoms with E-state index < -0.39 is 0 Å². The fourth-order valence-electron chi connectivity index (χ4n) is 15.9. The standard InChI is InChI=1S/C35H33N3O5S.2C25H29N3O3S.C24H27N3O3S/c1-40-28-15-14-27(31(18-28)41-2)20-38(19-24-13-16-30-32(17-24)43-23-42-30)21-33-36-29(22-44-33)35(39)37-34(25-9-5-3-6-10-25)26-11-7-4-8-12-26;1-4-18(3)26-25(29)21-15-32-24(27-21)14-28(12-19-7-5-17(2)6-8-19)13-20-9-10-22-23(11-20)31-16-30-22;1-4-28(5-2)25(29)21-16-32-24(26-21)15-27(13-19-8-6-18(3)7-9-19)14-20-10-11-22-23(12-20)31-17-30-22;1-16(2)25-24(28)20-14-31-23(26-20)13-27(11-18-6-4-17(3)5-7-18)12-19-8-9-21-22(10-19)30-15-29-21/h3-18,22,34H,19-21,23H2,1-2H3,(H,37,39);5-11,15,18H,4,12-14,16H2,1-3H3,(H,26,29);6-12,16H,4-5,13-15,17H2,1-3H3;4-10,14,16H,11-13,15H2,1-3H3,(H,25,28). The summed E-state index contributed by atoms with van der Waals surface area (Å²) in [6.45, 7) is 28.9. The molecule has 0 radical (unpaired) electrons. The number of hydrogen-bond acceptors (Lipinski definition) is 26. The molecule has 4 aliphatic heterocycles. The van der Waals surface area contributed by atoms with Crippen molar-refractivity contribution in [3.63, 3.8) is 0 Å². The van der Waals surface area contributed by atoms with E-state index in [-0.39, 0.29) is 68.9 Å². The number of carbonyl (C=O) groups excluding carboxylic acids is 4. The van der Waals surface area contributed by atoms with Gasteiger partial charge in [0.15, 0.2) is 46.0 Å². The lowest BCUT2D eigenvalue weighted by atomic mass is 9.98. The molecule has 0 saturated heterocycles. The van der Waals surface area contributed by atoms with Gasteiger partial charge in [0.05, 0.1) is 46.4 Å². The van der Waals surface area contributed by atoms with Crippen LogP contribution in [0.2, 0.25) is 0 Å². The minimum Gasteiger partial charge on any atom is -0.497 e. The van der Waals surface area contributed by atoms with E-state index >= 15 is 0 Å². The van der Waals surface area contributed by atoms with Crippen LogP contribution < -0.4 is 63.3 Å². The number of methoxy groups -OCH3 is 2. The zero-order chi connectivity index (χ0) is 97.1. The molecular weight excluding hydrogens is 1830 g/mol. The number of carbonyl (C=O) groups is 4. The molecule has 14 aromatic rings. The Labute approximate surface area is 828 Å². The molecule has 18 rings (SSSR count). The Balaban J connectivity index is 0.000000142. The number of aryl methyl sites for hydroxylation is 3. The lowest BCUT2D eigenvalue weighted by molar-refractivity contribution is 0.0766. The highest BCUT2D eigenvalue weighted by Crippen LogP contribution is 2.39. The molecule has 26 nitrogen and oxygen atoms in total. The molecule has 0 bridgehead atoms. The molecule has 0 fully saturated rings. The second kappa shape index (κ2) is 49.1. The van der Waals surface area contributed by atoms with Crippen molar-refractivity contribution in [2.45, 2.75) is 165 Å². The van der Waals surface area contributed by atoms with Gasteiger partial charge in [-0.25, -0.2) is 19.9 Å². The van der Waals surface area contributed by atoms with E-state index in [0.29, 0.717) is 75.1 Å². The quantitative estimate of drug-likeness (QED) is 0.0325. The lowest BCUT2D eigenvalue weighted by Crippen LogP contribution is -2.32. The van der Waals surface area contributed by atoms with Gasteiger partial charge in [0.2, 0.25) is 27.2 Å². The van der Waals surface area contributed by atoms with Crippen molar-refractivity contribution in [2.75, 3.05) is 54.5 Å². The molecule has 722 valence electrons. The maximum atomic E-state index is 13.5. The van der Waals surface area contributed by atoms with Crippen LogP contribution in [-0.2, 0) is 78.5 Å². The number of nitrogens with one attached hydrogen (secondary N) is 3. The van der Waals surface area contributed by atoms with Gasteiger partial charge in [-0.1, -0.05) is 187 Å². The summed E-state index contributed by atoms with van der Waals surface area (Å²) in [5, 5.41) is 20.1. The Hall–Kier alpha value is -13.6. The summed E-state index contributed by atoms with van der Waals surface area (Å²) in [6.07, 6.45) is 0.891. The van der Waals surface area contributed by atoms with Crippen molar-refractivity contribution in [1.82, 2.24) is 60.4 Å². The van der Waals surface area contributed by atoms with Crippen LogP contribution in [0.15, 0.2) is 246 Å². The second-order valence-corrected chi connectivity index (χ2v) is 38.4. The number of fused-ring (bicyclic) bond motifs is 4. The summed E-state index contributed by atoms with van der Waals surface area (Å²) in [4.78, 5) is 80.5. The summed E-state index contributed by atoms with van der Waals surface area (Å²) in [5.74, 6) is 7.23. The van der Waals surface area contributed by atoms with Crippen LogP contribution in [0.4, 0.5) is 0 Å². The molecule has 1 unspecified atom stereocenters. The summed E-state index contributed by atoms with van der Waals surface area (Å²) >= 11 is 6.06. The number of amides is 4. The third-order valence-corrected chi connectivity index (χ3v) is 26.7. The van der Waals surface area contributed by atoms with Gasteiger partial charge in [0, 0.05) is 111 Å². The third kappa shape index (κ3) is 28.6. The average Bonchev–Trinajstić information content (AvgIpc) is 1.82. The highest BCUT2D eigenvalue weighted by molar-refractivity contribution is 7.10. The van der Waals surface area contributed by atoms with Crippen molar-refractivity contribution in [2.24, 2.45) is 0 Å². The lowest BCUT2D eigenvalue weighted by Gasteiger charge is -2.23. The number of thiazole rings is 4. The zero-order valence-electron chi connectivity index (χ0n) is 80.2. The molecule has 4 aromatic heterocycles. The molecule has 4 aliphatic rings. The molecule has 8 heterocycles. The molecule has 30 heteroatoms. The largest absolute Gasteiger partial charge is 0.497 e. The fraction of sp³-hybridized carbons (Fsp3) is 0.303. The normalized spacial score (nSPS) is 12.5. The molecule has 0 aliphatic carbocycles. The Kier molecular flexibility index (Phi) is 35.3. The first-order valence-corrected chi connectivity index (χ1v) is 50.0. The number of rotatable bonds is 38. The topological polar surface area (TPSA) is 264 Å². The predicted octanol–water partition coefficient (Wildman–Crippen LogP) is 20.9. The van der Waals surface area contributed by atoms with Crippen LogP contribution in [0.25, 0.3) is 0 Å². The number of aromatic nitrogens is 4. The first-order valence-electron chi connectivity index (χ1n) is 46.5. The van der Waals surface area contributed by atoms with E-state index in [1.165, 1.54) is 67.4 Å². The SMILES string of the molecule is CCC(C)NC(=O)c1csc(CN(Cc2ccc(C)cc2)Cc2ccc3c(c2)OCO3)n1.CCN(CC)C(=O)c1csc(CN(Cc2ccc(C)cc2)Cc2ccc3c(c2)OCO3)n1.COc1ccc(CN(Cc2ccc3c(c2)OCO3)Cc2nc(C(=O)NC(c3ccccc3)c3ccccc3)cs2)c(OC)c1.Cc1ccc(CN(Cc2ccc3c(c2)OCO3)Cc2nc(C(=O)NC(C)C)cs2)cc1. The van der Waals surface area contributed by atoms with Gasteiger partial charge >= 0.3 is 0 Å². The third-order valence-electron chi connectivity index (χ3n) is 23.4. The van der Waals surface area contributed by atoms with Crippen molar-refractivity contribution in [3.05, 3.63) is 361 Å². The Morgan fingerprint density at radius 2 is 0.662 bits per heavy atom. The second-order valence-electron chi connectivity index (χ2n) is 34.6. The van der Waals surface area contributed by atoms with E-state index in [0.717, 1.165) is 162 Å². The zero-order valence-corrected chi connectivity index (χ0v) is 83.5. The monoisotopic (exact) mass is 1950 g/mol. The van der Waals surface area contributed by atoms with Gasteiger partial charge in [0.25, 0.3) is 23.6 Å². The van der Waals surface area contributed by atoms with Gasteiger partial charge in [-0.2, -0.15) is 0 Å². The Bertz CT molecular complexity index is 6360. The van der Waals surface area contributed by atoms with Crippen LogP contribution >= 0.6 is 45.3 Å². The smallest absolute Gasteiger partial charge is 0.273 e. The van der Waals surface area contributed by atoms with Gasteiger partial charge in [-0.05, 0) is 166 Å². The van der Waals surface area contributed by atoms with Gasteiger partial charge in [-0.15, -0.1) is 45.3 Å². The van der Waals surface area contributed by atoms with E-state index in [1.807, 2.05) is 190 Å². The molecule has 1 atom stereocenters. The maximum Gasteiger partial charge on any atom is 0.273 e. The summed E-state index contributed by atoms with van der Waals surface area (Å²) < 4.78 is 55.1. The molecule has 0 saturated carbocycles. The molecule has 4 amide bonds. The van der Waals surface area contributed by atoms with E-state index in [1.54, 1.807) is 30.5 Å². The van der Waals surface area contributed by atoms with Crippen molar-refractivity contribution in [1.29, 1.82) is 0 Å². The summed E-state index contributed by atoms with van der Waals surface area (Å²) in [5.41, 5.74) is 16.9. The highest BCUT2D eigenvalue weighted by atomic mass is 32.1. The van der Waals surface area contributed by atoms with Gasteiger partial charge < -0.3 is 68.2 Å². The first-order chi connectivity index (χ1) is 67.6. The number of benzene rings is 10. The highest BCUT2D eigenvalue weighted by Gasteiger charge is 2.27. The predicted molar refractivity (Wildman–Crippen MR) is 543 cm³/mol. The van der Waals surface area contributed by atoms with Crippen LogP contribution in [-0.4, -0.2) is 135 Å². The van der Waals surface area contributed by atoms with E-state index in [9.17, 15) is 19.2 Å². The minimum absolute atomic E-state index is 0.00152. The van der Waals surface area contributed by atoms with E-state index in [2.05, 4.69) is 169 Å². The molecule has 10 aromatic carbocycles. The van der Waals surface area contributed by atoms with Crippen molar-refractivity contribution in [3.8, 4) is 57.5 Å². The minimum atomic E-state index is -0.292. The van der Waals surface area contributed by atoms with Gasteiger partial charge in [0.1, 0.15) is 54.3 Å². The van der Waals surface area contributed by atoms with Crippen LogP contribution in [0, 0.1) is 20.8 Å².